The molecule has 0 heterocycles. The molecule has 1 N–H and O–H groups in total. The van der Waals surface area contributed by atoms with Crippen LogP contribution >= 0.6 is 15.9 Å². The van der Waals surface area contributed by atoms with Gasteiger partial charge in [0.15, 0.2) is 6.61 Å². The minimum Gasteiger partial charge on any atom is -0.452 e. The topological polar surface area (TPSA) is 55.4 Å². The lowest BCUT2D eigenvalue weighted by molar-refractivity contribution is -0.119. The van der Waals surface area contributed by atoms with Gasteiger partial charge in [-0.25, -0.2) is 9.18 Å². The summed E-state index contributed by atoms with van der Waals surface area (Å²) in [6.45, 7) is 1.30. The van der Waals surface area contributed by atoms with Crippen LogP contribution in [0, 0.1) is 12.7 Å². The van der Waals surface area contributed by atoms with E-state index in [4.69, 9.17) is 4.74 Å². The molecule has 1 amide bonds. The number of amides is 1. The number of benzene rings is 2. The van der Waals surface area contributed by atoms with Crippen LogP contribution in [0.25, 0.3) is 0 Å². The molecule has 2 aromatic rings. The second kappa shape index (κ2) is 7.17. The molecule has 0 saturated heterocycles. The fourth-order valence-electron chi connectivity index (χ4n) is 1.75. The van der Waals surface area contributed by atoms with Crippen LogP contribution in [0.1, 0.15) is 15.9 Å². The summed E-state index contributed by atoms with van der Waals surface area (Å²) in [5.74, 6) is -1.59. The van der Waals surface area contributed by atoms with Crippen molar-refractivity contribution in [3.8, 4) is 0 Å². The SMILES string of the molecule is Cc1ccc(F)cc1NC(=O)COC(=O)c1cccc(Br)c1. The average molecular weight is 366 g/mol. The Kier molecular flexibility index (Phi) is 5.27. The maximum Gasteiger partial charge on any atom is 0.338 e. The van der Waals surface area contributed by atoms with Crippen molar-refractivity contribution in [2.75, 3.05) is 11.9 Å². The van der Waals surface area contributed by atoms with Crippen molar-refractivity contribution in [2.24, 2.45) is 0 Å². The molecular formula is C16H13BrFNO3. The maximum absolute atomic E-state index is 13.1. The number of hydrogen-bond donors (Lipinski definition) is 1. The first-order valence-electron chi connectivity index (χ1n) is 6.44. The van der Waals surface area contributed by atoms with Gasteiger partial charge in [-0.05, 0) is 42.8 Å². The quantitative estimate of drug-likeness (QED) is 0.840. The first-order valence-corrected chi connectivity index (χ1v) is 7.23. The minimum absolute atomic E-state index is 0.337. The van der Waals surface area contributed by atoms with E-state index >= 15 is 0 Å². The van der Waals surface area contributed by atoms with Crippen LogP contribution in [-0.2, 0) is 9.53 Å². The zero-order valence-electron chi connectivity index (χ0n) is 11.7. The number of nitrogens with one attached hydrogen (secondary N) is 1. The van der Waals surface area contributed by atoms with Crippen LogP contribution in [-0.4, -0.2) is 18.5 Å². The molecule has 0 unspecified atom stereocenters. The van der Waals surface area contributed by atoms with Gasteiger partial charge in [0.25, 0.3) is 5.91 Å². The number of carbonyl (C=O) groups is 2. The highest BCUT2D eigenvalue weighted by Crippen LogP contribution is 2.16. The maximum atomic E-state index is 13.1. The third-order valence-electron chi connectivity index (χ3n) is 2.87. The average Bonchev–Trinajstić information content (AvgIpc) is 2.48. The number of halogens is 2. The highest BCUT2D eigenvalue weighted by Gasteiger charge is 2.11. The second-order valence-corrected chi connectivity index (χ2v) is 5.51. The summed E-state index contributed by atoms with van der Waals surface area (Å²) >= 11 is 3.25. The molecule has 0 fully saturated rings. The lowest BCUT2D eigenvalue weighted by Crippen LogP contribution is -2.21. The molecule has 0 aromatic heterocycles. The molecule has 0 aliphatic rings. The van der Waals surface area contributed by atoms with E-state index in [-0.39, 0.29) is 0 Å². The number of aryl methyl sites for hydroxylation is 1. The van der Waals surface area contributed by atoms with Crippen LogP contribution in [0.2, 0.25) is 0 Å². The van der Waals surface area contributed by atoms with Gasteiger partial charge in [0.1, 0.15) is 5.82 Å². The molecule has 0 aliphatic heterocycles. The number of esters is 1. The van der Waals surface area contributed by atoms with Crippen LogP contribution in [0.3, 0.4) is 0 Å². The van der Waals surface area contributed by atoms with Crippen LogP contribution in [0.4, 0.5) is 10.1 Å². The Balaban J connectivity index is 1.93. The predicted molar refractivity (Wildman–Crippen MR) is 84.2 cm³/mol. The molecule has 0 aliphatic carbocycles. The lowest BCUT2D eigenvalue weighted by atomic mass is 10.2. The Morgan fingerprint density at radius 3 is 2.73 bits per heavy atom. The normalized spacial score (nSPS) is 10.1. The highest BCUT2D eigenvalue weighted by atomic mass is 79.9. The van der Waals surface area contributed by atoms with E-state index in [1.165, 1.54) is 12.1 Å². The summed E-state index contributed by atoms with van der Waals surface area (Å²) in [6, 6.07) is 10.7. The van der Waals surface area contributed by atoms with Crippen molar-refractivity contribution in [1.82, 2.24) is 0 Å². The summed E-state index contributed by atoms with van der Waals surface area (Å²) in [5, 5.41) is 2.50. The summed E-state index contributed by atoms with van der Waals surface area (Å²) in [5.41, 5.74) is 1.40. The number of hydrogen-bond acceptors (Lipinski definition) is 3. The van der Waals surface area contributed by atoms with Crippen molar-refractivity contribution in [3.63, 3.8) is 0 Å². The minimum atomic E-state index is -0.604. The van der Waals surface area contributed by atoms with Crippen molar-refractivity contribution in [2.45, 2.75) is 6.92 Å². The van der Waals surface area contributed by atoms with E-state index in [1.54, 1.807) is 37.3 Å². The molecule has 0 spiro atoms. The third-order valence-corrected chi connectivity index (χ3v) is 3.36. The van der Waals surface area contributed by atoms with Gasteiger partial charge >= 0.3 is 5.97 Å². The Bertz CT molecular complexity index is 718. The first kappa shape index (κ1) is 16.2. The third kappa shape index (κ3) is 4.39. The summed E-state index contributed by atoms with van der Waals surface area (Å²) < 4.78 is 18.8. The van der Waals surface area contributed by atoms with Crippen molar-refractivity contribution in [1.29, 1.82) is 0 Å². The number of anilines is 1. The van der Waals surface area contributed by atoms with Gasteiger partial charge in [-0.15, -0.1) is 0 Å². The summed E-state index contributed by atoms with van der Waals surface area (Å²) in [7, 11) is 0. The van der Waals surface area contributed by atoms with Crippen molar-refractivity contribution in [3.05, 3.63) is 63.9 Å². The Morgan fingerprint density at radius 1 is 1.23 bits per heavy atom. The highest BCUT2D eigenvalue weighted by molar-refractivity contribution is 9.10. The Morgan fingerprint density at radius 2 is 2.00 bits per heavy atom. The summed E-state index contributed by atoms with van der Waals surface area (Å²) in [6.07, 6.45) is 0. The molecule has 0 radical (unpaired) electrons. The van der Waals surface area contributed by atoms with Crippen molar-refractivity contribution < 1.29 is 18.7 Å². The monoisotopic (exact) mass is 365 g/mol. The molecule has 0 saturated carbocycles. The lowest BCUT2D eigenvalue weighted by Gasteiger charge is -2.09. The van der Waals surface area contributed by atoms with E-state index in [9.17, 15) is 14.0 Å². The van der Waals surface area contributed by atoms with E-state index in [0.717, 1.165) is 4.47 Å². The van der Waals surface area contributed by atoms with Crippen LogP contribution in [0.5, 0.6) is 0 Å². The number of ether oxygens (including phenoxy) is 1. The van der Waals surface area contributed by atoms with E-state index in [2.05, 4.69) is 21.2 Å². The van der Waals surface area contributed by atoms with E-state index in [0.29, 0.717) is 16.8 Å². The van der Waals surface area contributed by atoms with Gasteiger partial charge in [-0.2, -0.15) is 0 Å². The number of carbonyl (C=O) groups excluding carboxylic acids is 2. The predicted octanol–water partition coefficient (Wildman–Crippen LogP) is 3.69. The second-order valence-electron chi connectivity index (χ2n) is 4.59. The van der Waals surface area contributed by atoms with Gasteiger partial charge in [-0.3, -0.25) is 4.79 Å². The van der Waals surface area contributed by atoms with Gasteiger partial charge in [0.05, 0.1) is 5.56 Å². The molecule has 22 heavy (non-hydrogen) atoms. The standard InChI is InChI=1S/C16H13BrFNO3/c1-10-5-6-13(18)8-14(10)19-15(20)9-22-16(21)11-3-2-4-12(17)7-11/h2-8H,9H2,1H3,(H,19,20). The van der Waals surface area contributed by atoms with E-state index in [1.807, 2.05) is 0 Å². The van der Waals surface area contributed by atoms with E-state index < -0.39 is 24.3 Å². The molecule has 2 rings (SSSR count). The first-order chi connectivity index (χ1) is 10.5. The zero-order chi connectivity index (χ0) is 16.1. The molecule has 0 atom stereocenters. The zero-order valence-corrected chi connectivity index (χ0v) is 13.3. The fraction of sp³-hybridized carbons (Fsp3) is 0.125. The van der Waals surface area contributed by atoms with Crippen LogP contribution < -0.4 is 5.32 Å². The fourth-order valence-corrected chi connectivity index (χ4v) is 2.14. The Hall–Kier alpha value is -2.21. The number of rotatable bonds is 4. The smallest absolute Gasteiger partial charge is 0.338 e. The van der Waals surface area contributed by atoms with Gasteiger partial charge in [0, 0.05) is 10.2 Å². The summed E-state index contributed by atoms with van der Waals surface area (Å²) in [4.78, 5) is 23.6. The van der Waals surface area contributed by atoms with Gasteiger partial charge < -0.3 is 10.1 Å². The molecule has 4 nitrogen and oxygen atoms in total. The molecule has 6 heteroatoms. The molecule has 114 valence electrons. The molecule has 0 bridgehead atoms. The molecular weight excluding hydrogens is 353 g/mol. The van der Waals surface area contributed by atoms with Crippen molar-refractivity contribution >= 4 is 33.5 Å². The van der Waals surface area contributed by atoms with Crippen LogP contribution in [0.15, 0.2) is 46.9 Å². The largest absolute Gasteiger partial charge is 0.452 e. The van der Waals surface area contributed by atoms with Gasteiger partial charge in [0.2, 0.25) is 0 Å². The molecule has 2 aromatic carbocycles. The Labute approximate surface area is 135 Å². The van der Waals surface area contributed by atoms with Gasteiger partial charge in [-0.1, -0.05) is 28.1 Å².